The Morgan fingerprint density at radius 1 is 0.143 bits per heavy atom. The number of rotatable bonds is 6. The standard InChI is InChI=1S/C82H48O2/c1-2-15-52-40-60(35-30-49(52)14-1)81-69-24-9-11-26-71(69)82(72-27-12-10-25-70(72)81)61-37-39-64-74-44-62-42-56(33-34-58(62)47-78(74)84-76(64)48-61)50-28-31-51(32-29-50)79-65-20-5-7-22-67(65)80(68-23-8-6-21-66(68)79)59-19-13-18-53(41-59)57-36-38-63-73-43-54-16-3-4-17-55(54)45-77(73)83-75(63)46-57/h1-48H. The van der Waals surface area contributed by atoms with Crippen LogP contribution in [0, 0.1) is 0 Å². The van der Waals surface area contributed by atoms with E-state index in [0.717, 1.165) is 66.0 Å². The fourth-order valence-electron chi connectivity index (χ4n) is 14.0. The molecule has 0 spiro atoms. The molecule has 16 aromatic carbocycles. The third-order valence-electron chi connectivity index (χ3n) is 18.0. The van der Waals surface area contributed by atoms with Gasteiger partial charge in [-0.25, -0.2) is 0 Å². The van der Waals surface area contributed by atoms with Crippen LogP contribution in [-0.4, -0.2) is 0 Å². The van der Waals surface area contributed by atoms with Crippen molar-refractivity contribution < 1.29 is 8.83 Å². The largest absolute Gasteiger partial charge is 0.456 e. The predicted molar refractivity (Wildman–Crippen MR) is 356 cm³/mol. The molecule has 0 fully saturated rings. The Hall–Kier alpha value is -11.1. The van der Waals surface area contributed by atoms with E-state index in [-0.39, 0.29) is 0 Å². The second-order valence-corrected chi connectivity index (χ2v) is 22.6. The predicted octanol–water partition coefficient (Wildman–Crippen LogP) is 23.6. The summed E-state index contributed by atoms with van der Waals surface area (Å²) in [6.07, 6.45) is 0. The smallest absolute Gasteiger partial charge is 0.136 e. The number of benzene rings is 16. The van der Waals surface area contributed by atoms with E-state index in [1.54, 1.807) is 0 Å². The lowest BCUT2D eigenvalue weighted by Crippen LogP contribution is -1.91. The fourth-order valence-corrected chi connectivity index (χ4v) is 14.0. The Bertz CT molecular complexity index is 5680. The first kappa shape index (κ1) is 46.7. The zero-order valence-corrected chi connectivity index (χ0v) is 45.5. The lowest BCUT2D eigenvalue weighted by molar-refractivity contribution is 0.669. The van der Waals surface area contributed by atoms with E-state index in [9.17, 15) is 0 Å². The molecule has 0 unspecified atom stereocenters. The first-order valence-corrected chi connectivity index (χ1v) is 28.9. The van der Waals surface area contributed by atoms with E-state index in [2.05, 4.69) is 291 Å². The summed E-state index contributed by atoms with van der Waals surface area (Å²) in [6, 6.07) is 107. The third-order valence-corrected chi connectivity index (χ3v) is 18.0. The summed E-state index contributed by atoms with van der Waals surface area (Å²) in [6.45, 7) is 0. The molecule has 2 heterocycles. The Morgan fingerprint density at radius 2 is 0.452 bits per heavy atom. The highest BCUT2D eigenvalue weighted by atomic mass is 16.3. The van der Waals surface area contributed by atoms with E-state index in [4.69, 9.17) is 8.83 Å². The molecule has 18 rings (SSSR count). The number of hydrogen-bond acceptors (Lipinski definition) is 2. The van der Waals surface area contributed by atoms with Crippen LogP contribution in [-0.2, 0) is 0 Å². The third kappa shape index (κ3) is 7.24. The average molecular weight is 1070 g/mol. The molecule has 0 saturated heterocycles. The van der Waals surface area contributed by atoms with Gasteiger partial charge in [-0.2, -0.15) is 0 Å². The van der Waals surface area contributed by atoms with Gasteiger partial charge in [-0.3, -0.25) is 0 Å². The average Bonchev–Trinajstić information content (AvgIpc) is 1.26. The normalized spacial score (nSPS) is 12.0. The molecule has 388 valence electrons. The van der Waals surface area contributed by atoms with E-state index in [0.29, 0.717) is 0 Å². The molecule has 0 aliphatic rings. The molecular formula is C82H48O2. The summed E-state index contributed by atoms with van der Waals surface area (Å²) >= 11 is 0. The number of furan rings is 2. The van der Waals surface area contributed by atoms with Gasteiger partial charge in [-0.05, 0) is 209 Å². The van der Waals surface area contributed by atoms with Crippen LogP contribution in [0.5, 0.6) is 0 Å². The van der Waals surface area contributed by atoms with Crippen LogP contribution >= 0.6 is 0 Å². The quantitative estimate of drug-likeness (QED) is 0.155. The minimum absolute atomic E-state index is 0.883. The van der Waals surface area contributed by atoms with Crippen molar-refractivity contribution in [3.63, 3.8) is 0 Å². The van der Waals surface area contributed by atoms with Crippen LogP contribution in [0.3, 0.4) is 0 Å². The van der Waals surface area contributed by atoms with Crippen molar-refractivity contribution in [3.8, 4) is 66.8 Å². The molecule has 2 aromatic heterocycles. The lowest BCUT2D eigenvalue weighted by atomic mass is 9.85. The second kappa shape index (κ2) is 18.2. The fraction of sp³-hybridized carbons (Fsp3) is 0. The van der Waals surface area contributed by atoms with Gasteiger partial charge < -0.3 is 8.83 Å². The van der Waals surface area contributed by atoms with Crippen LogP contribution in [0.4, 0.5) is 0 Å². The van der Waals surface area contributed by atoms with Gasteiger partial charge in [-0.15, -0.1) is 0 Å². The Labute approximate surface area is 483 Å². The van der Waals surface area contributed by atoms with Gasteiger partial charge in [0.25, 0.3) is 0 Å². The van der Waals surface area contributed by atoms with Crippen molar-refractivity contribution >= 4 is 119 Å². The Morgan fingerprint density at radius 3 is 1.01 bits per heavy atom. The van der Waals surface area contributed by atoms with Gasteiger partial charge >= 0.3 is 0 Å². The Balaban J connectivity index is 0.689. The van der Waals surface area contributed by atoms with Gasteiger partial charge in [0.2, 0.25) is 0 Å². The van der Waals surface area contributed by atoms with Crippen LogP contribution in [0.25, 0.3) is 186 Å². The highest BCUT2D eigenvalue weighted by Gasteiger charge is 2.21. The summed E-state index contributed by atoms with van der Waals surface area (Å²) in [5.41, 5.74) is 17.9. The minimum atomic E-state index is 0.883. The van der Waals surface area contributed by atoms with Gasteiger partial charge in [0.05, 0.1) is 0 Å². The number of fused-ring (bicyclic) bond motifs is 13. The van der Waals surface area contributed by atoms with E-state index >= 15 is 0 Å². The van der Waals surface area contributed by atoms with Gasteiger partial charge in [0.15, 0.2) is 0 Å². The maximum absolute atomic E-state index is 6.80. The molecule has 18 aromatic rings. The molecule has 0 bridgehead atoms. The first-order chi connectivity index (χ1) is 41.6. The summed E-state index contributed by atoms with van der Waals surface area (Å²) in [5, 5.41) is 21.5. The first-order valence-electron chi connectivity index (χ1n) is 28.9. The minimum Gasteiger partial charge on any atom is -0.456 e. The van der Waals surface area contributed by atoms with Gasteiger partial charge in [0, 0.05) is 21.5 Å². The maximum atomic E-state index is 6.80. The van der Waals surface area contributed by atoms with E-state index in [1.807, 2.05) is 0 Å². The summed E-state index contributed by atoms with van der Waals surface area (Å²) in [7, 11) is 0. The highest BCUT2D eigenvalue weighted by molar-refractivity contribution is 6.24. The van der Waals surface area contributed by atoms with Crippen LogP contribution in [0.2, 0.25) is 0 Å². The molecule has 2 nitrogen and oxygen atoms in total. The van der Waals surface area contributed by atoms with Crippen LogP contribution in [0.15, 0.2) is 300 Å². The molecule has 0 saturated carbocycles. The van der Waals surface area contributed by atoms with E-state index < -0.39 is 0 Å². The van der Waals surface area contributed by atoms with Crippen molar-refractivity contribution in [1.29, 1.82) is 0 Å². The van der Waals surface area contributed by atoms with Crippen molar-refractivity contribution in [2.45, 2.75) is 0 Å². The zero-order chi connectivity index (χ0) is 55.0. The molecule has 0 radical (unpaired) electrons. The van der Waals surface area contributed by atoms with Crippen molar-refractivity contribution in [1.82, 2.24) is 0 Å². The van der Waals surface area contributed by atoms with Crippen LogP contribution < -0.4 is 0 Å². The highest BCUT2D eigenvalue weighted by Crippen LogP contribution is 2.48. The lowest BCUT2D eigenvalue weighted by Gasteiger charge is -2.18. The van der Waals surface area contributed by atoms with Crippen LogP contribution in [0.1, 0.15) is 0 Å². The Kier molecular flexibility index (Phi) is 10.1. The monoisotopic (exact) mass is 1060 g/mol. The number of hydrogen-bond donors (Lipinski definition) is 0. The maximum Gasteiger partial charge on any atom is 0.136 e. The molecule has 84 heavy (non-hydrogen) atoms. The summed E-state index contributed by atoms with van der Waals surface area (Å²) < 4.78 is 13.3. The zero-order valence-electron chi connectivity index (χ0n) is 45.5. The molecule has 0 atom stereocenters. The molecule has 2 heteroatoms. The van der Waals surface area contributed by atoms with E-state index in [1.165, 1.54) is 120 Å². The summed E-state index contributed by atoms with van der Waals surface area (Å²) in [5.74, 6) is 0. The molecule has 0 aliphatic carbocycles. The molecule has 0 N–H and O–H groups in total. The van der Waals surface area contributed by atoms with Crippen molar-refractivity contribution in [2.24, 2.45) is 0 Å². The SMILES string of the molecule is c1cc(-c2ccc3c(c2)oc2cc4ccccc4cc23)cc(-c2c3ccccc3c(-c3ccc(-c4ccc5cc6oc7cc(-c8c9ccccc9c(-c9ccc%10ccccc%10c9)c9ccccc89)ccc7c6cc5c4)cc3)c3ccccc23)c1. The van der Waals surface area contributed by atoms with Gasteiger partial charge in [-0.1, -0.05) is 224 Å². The molecule has 0 amide bonds. The van der Waals surface area contributed by atoms with Gasteiger partial charge in [0.1, 0.15) is 22.3 Å². The topological polar surface area (TPSA) is 26.3 Å². The molecular weight excluding hydrogens is 1020 g/mol. The second-order valence-electron chi connectivity index (χ2n) is 22.6. The van der Waals surface area contributed by atoms with Crippen molar-refractivity contribution in [2.75, 3.05) is 0 Å². The summed E-state index contributed by atoms with van der Waals surface area (Å²) in [4.78, 5) is 0. The van der Waals surface area contributed by atoms with Crippen molar-refractivity contribution in [3.05, 3.63) is 291 Å². The molecule has 0 aliphatic heterocycles.